The van der Waals surface area contributed by atoms with Crippen molar-refractivity contribution in [2.45, 2.75) is 12.8 Å². The first-order valence-corrected chi connectivity index (χ1v) is 8.62. The van der Waals surface area contributed by atoms with Crippen LogP contribution in [0.25, 0.3) is 0 Å². The predicted molar refractivity (Wildman–Crippen MR) is 102 cm³/mol. The highest BCUT2D eigenvalue weighted by Gasteiger charge is 2.13. The van der Waals surface area contributed by atoms with Gasteiger partial charge in [0, 0.05) is 20.1 Å². The van der Waals surface area contributed by atoms with Crippen LogP contribution < -0.4 is 16.0 Å². The minimum atomic E-state index is -0.507. The molecule has 9 nitrogen and oxygen atoms in total. The van der Waals surface area contributed by atoms with Gasteiger partial charge in [-0.05, 0) is 24.4 Å². The highest BCUT2D eigenvalue weighted by Crippen LogP contribution is 2.14. The van der Waals surface area contributed by atoms with Gasteiger partial charge >= 0.3 is 5.97 Å². The molecule has 1 aromatic rings. The Morgan fingerprint density at radius 1 is 1.15 bits per heavy atom. The molecule has 0 aromatic heterocycles. The molecule has 0 aliphatic carbocycles. The van der Waals surface area contributed by atoms with Crippen LogP contribution in [0.1, 0.15) is 23.2 Å². The SMILES string of the molecule is COCCOC(=O)CCC(=O)NC(=S)Nc1ccccc1C(=O)NCCO. The average Bonchev–Trinajstić information content (AvgIpc) is 2.65. The second kappa shape index (κ2) is 12.7. The fraction of sp³-hybridized carbons (Fsp3) is 0.412. The summed E-state index contributed by atoms with van der Waals surface area (Å²) in [6.45, 7) is 0.363. The van der Waals surface area contributed by atoms with E-state index in [1.165, 1.54) is 7.11 Å². The van der Waals surface area contributed by atoms with Crippen LogP contribution in [-0.4, -0.2) is 61.5 Å². The Morgan fingerprint density at radius 2 is 1.89 bits per heavy atom. The van der Waals surface area contributed by atoms with E-state index in [9.17, 15) is 14.4 Å². The van der Waals surface area contributed by atoms with Gasteiger partial charge in [0.2, 0.25) is 5.91 Å². The van der Waals surface area contributed by atoms with Crippen molar-refractivity contribution in [2.24, 2.45) is 0 Å². The number of carbonyl (C=O) groups excluding carboxylic acids is 3. The molecule has 148 valence electrons. The van der Waals surface area contributed by atoms with Crippen LogP contribution in [0.15, 0.2) is 24.3 Å². The zero-order chi connectivity index (χ0) is 20.1. The maximum absolute atomic E-state index is 12.1. The summed E-state index contributed by atoms with van der Waals surface area (Å²) in [4.78, 5) is 35.4. The molecule has 27 heavy (non-hydrogen) atoms. The summed E-state index contributed by atoms with van der Waals surface area (Å²) in [5, 5.41) is 16.5. The lowest BCUT2D eigenvalue weighted by Crippen LogP contribution is -2.35. The molecule has 0 fully saturated rings. The van der Waals surface area contributed by atoms with Crippen LogP contribution >= 0.6 is 12.2 Å². The van der Waals surface area contributed by atoms with E-state index in [0.717, 1.165) is 0 Å². The molecular weight excluding hydrogens is 374 g/mol. The van der Waals surface area contributed by atoms with Crippen LogP contribution in [0.2, 0.25) is 0 Å². The molecule has 0 aliphatic rings. The number of anilines is 1. The lowest BCUT2D eigenvalue weighted by molar-refractivity contribution is -0.146. The van der Waals surface area contributed by atoms with Crippen LogP contribution in [0, 0.1) is 0 Å². The number of para-hydroxylation sites is 1. The second-order valence-corrected chi connectivity index (χ2v) is 5.65. The van der Waals surface area contributed by atoms with Gasteiger partial charge in [0.25, 0.3) is 5.91 Å². The number of ether oxygens (including phenoxy) is 2. The average molecular weight is 397 g/mol. The number of carbonyl (C=O) groups is 3. The minimum Gasteiger partial charge on any atom is -0.463 e. The molecule has 10 heteroatoms. The number of aliphatic hydroxyl groups is 1. The largest absolute Gasteiger partial charge is 0.463 e. The number of thiocarbonyl (C=S) groups is 1. The Balaban J connectivity index is 2.49. The number of hydrogen-bond donors (Lipinski definition) is 4. The Bertz CT molecular complexity index is 668. The standard InChI is InChI=1S/C17H23N3O6S/c1-25-10-11-26-15(23)7-6-14(22)20-17(27)19-13-5-3-2-4-12(13)16(24)18-8-9-21/h2-5,21H,6-11H2,1H3,(H,18,24)(H2,19,20,22,27). The number of aliphatic hydroxyl groups excluding tert-OH is 1. The summed E-state index contributed by atoms with van der Waals surface area (Å²) in [5.41, 5.74) is 0.710. The molecule has 4 N–H and O–H groups in total. The molecule has 1 rings (SSSR count). The van der Waals surface area contributed by atoms with E-state index < -0.39 is 11.9 Å². The van der Waals surface area contributed by atoms with Crippen molar-refractivity contribution in [3.05, 3.63) is 29.8 Å². The molecule has 2 amide bonds. The van der Waals surface area contributed by atoms with Gasteiger partial charge in [0.05, 0.1) is 30.9 Å². The Kier molecular flexibility index (Phi) is 10.6. The van der Waals surface area contributed by atoms with Crippen LogP contribution in [0.5, 0.6) is 0 Å². The summed E-state index contributed by atoms with van der Waals surface area (Å²) < 4.78 is 9.61. The van der Waals surface area contributed by atoms with Gasteiger partial charge in [0.15, 0.2) is 5.11 Å². The minimum absolute atomic E-state index is 0.00448. The Morgan fingerprint density at radius 3 is 2.59 bits per heavy atom. The van der Waals surface area contributed by atoms with E-state index in [2.05, 4.69) is 16.0 Å². The highest BCUT2D eigenvalue weighted by atomic mass is 32.1. The molecule has 0 saturated heterocycles. The van der Waals surface area contributed by atoms with E-state index in [0.29, 0.717) is 11.3 Å². The first kappa shape index (κ1) is 22.5. The summed E-state index contributed by atoms with van der Waals surface area (Å²) >= 11 is 5.06. The third-order valence-electron chi connectivity index (χ3n) is 3.18. The topological polar surface area (TPSA) is 126 Å². The van der Waals surface area contributed by atoms with Crippen molar-refractivity contribution in [2.75, 3.05) is 38.8 Å². The third kappa shape index (κ3) is 9.08. The monoisotopic (exact) mass is 397 g/mol. The van der Waals surface area contributed by atoms with Crippen molar-refractivity contribution in [3.63, 3.8) is 0 Å². The smallest absolute Gasteiger partial charge is 0.306 e. The second-order valence-electron chi connectivity index (χ2n) is 5.24. The van der Waals surface area contributed by atoms with Crippen molar-refractivity contribution in [1.29, 1.82) is 0 Å². The molecule has 0 atom stereocenters. The number of rotatable bonds is 10. The number of methoxy groups -OCH3 is 1. The molecule has 0 aliphatic heterocycles. The molecular formula is C17H23N3O6S. The molecule has 1 aromatic carbocycles. The van der Waals surface area contributed by atoms with E-state index in [4.69, 9.17) is 26.8 Å². The first-order valence-electron chi connectivity index (χ1n) is 8.21. The van der Waals surface area contributed by atoms with Gasteiger partial charge in [-0.3, -0.25) is 14.4 Å². The van der Waals surface area contributed by atoms with Gasteiger partial charge in [-0.2, -0.15) is 0 Å². The zero-order valence-electron chi connectivity index (χ0n) is 14.9. The quantitative estimate of drug-likeness (QED) is 0.250. The van der Waals surface area contributed by atoms with Crippen molar-refractivity contribution < 1.29 is 29.0 Å². The van der Waals surface area contributed by atoms with Gasteiger partial charge < -0.3 is 30.5 Å². The Hall–Kier alpha value is -2.56. The van der Waals surface area contributed by atoms with Gasteiger partial charge in [-0.1, -0.05) is 12.1 Å². The summed E-state index contributed by atoms with van der Waals surface area (Å²) in [5.74, 6) is -1.36. The van der Waals surface area contributed by atoms with E-state index in [1.54, 1.807) is 24.3 Å². The molecule has 0 unspecified atom stereocenters. The number of amides is 2. The molecule has 0 heterocycles. The van der Waals surface area contributed by atoms with E-state index in [-0.39, 0.29) is 50.2 Å². The van der Waals surface area contributed by atoms with Crippen LogP contribution in [0.4, 0.5) is 5.69 Å². The summed E-state index contributed by atoms with van der Waals surface area (Å²) in [6, 6.07) is 6.58. The van der Waals surface area contributed by atoms with Crippen LogP contribution in [0.3, 0.4) is 0 Å². The van der Waals surface area contributed by atoms with Crippen molar-refractivity contribution in [3.8, 4) is 0 Å². The van der Waals surface area contributed by atoms with Crippen molar-refractivity contribution >= 4 is 40.8 Å². The van der Waals surface area contributed by atoms with Crippen molar-refractivity contribution in [1.82, 2.24) is 10.6 Å². The van der Waals surface area contributed by atoms with Gasteiger partial charge in [-0.25, -0.2) is 0 Å². The summed E-state index contributed by atoms with van der Waals surface area (Å²) in [6.07, 6.45) is -0.176. The summed E-state index contributed by atoms with van der Waals surface area (Å²) in [7, 11) is 1.49. The molecule has 0 bridgehead atoms. The molecule has 0 saturated carbocycles. The zero-order valence-corrected chi connectivity index (χ0v) is 15.8. The maximum atomic E-state index is 12.1. The fourth-order valence-electron chi connectivity index (χ4n) is 1.92. The number of benzene rings is 1. The highest BCUT2D eigenvalue weighted by molar-refractivity contribution is 7.80. The van der Waals surface area contributed by atoms with Gasteiger partial charge in [0.1, 0.15) is 6.61 Å². The lowest BCUT2D eigenvalue weighted by Gasteiger charge is -2.13. The van der Waals surface area contributed by atoms with Gasteiger partial charge in [-0.15, -0.1) is 0 Å². The molecule has 0 radical (unpaired) electrons. The first-order chi connectivity index (χ1) is 13.0. The van der Waals surface area contributed by atoms with E-state index in [1.807, 2.05) is 0 Å². The normalized spacial score (nSPS) is 10.0. The van der Waals surface area contributed by atoms with Crippen LogP contribution in [-0.2, 0) is 19.1 Å². The number of esters is 1. The Labute approximate surface area is 162 Å². The molecule has 0 spiro atoms. The number of hydrogen-bond acceptors (Lipinski definition) is 7. The lowest BCUT2D eigenvalue weighted by atomic mass is 10.1. The maximum Gasteiger partial charge on any atom is 0.306 e. The van der Waals surface area contributed by atoms with E-state index >= 15 is 0 Å². The number of nitrogens with one attached hydrogen (secondary N) is 3. The predicted octanol–water partition coefficient (Wildman–Crippen LogP) is 0.192. The third-order valence-corrected chi connectivity index (χ3v) is 3.38. The fourth-order valence-corrected chi connectivity index (χ4v) is 2.15.